The molecule has 2 atom stereocenters. The third kappa shape index (κ3) is 5.58. The van der Waals surface area contributed by atoms with Gasteiger partial charge in [0.2, 0.25) is 5.91 Å². The number of benzene rings is 2. The maximum absolute atomic E-state index is 13.3. The molecule has 1 saturated heterocycles. The van der Waals surface area contributed by atoms with Crippen molar-refractivity contribution < 1.29 is 19.5 Å². The molecule has 2 N–H and O–H groups in total. The van der Waals surface area contributed by atoms with Crippen LogP contribution in [0.15, 0.2) is 42.5 Å². The van der Waals surface area contributed by atoms with E-state index in [1.54, 1.807) is 12.1 Å². The summed E-state index contributed by atoms with van der Waals surface area (Å²) in [5.74, 6) is -3.13. The molecule has 2 fully saturated rings. The second-order valence-corrected chi connectivity index (χ2v) is 9.41. The van der Waals surface area contributed by atoms with Crippen LogP contribution in [0.5, 0.6) is 0 Å². The van der Waals surface area contributed by atoms with Crippen LogP contribution < -0.4 is 20.6 Å². The first kappa shape index (κ1) is 23.8. The first-order valence-corrected chi connectivity index (χ1v) is 12.2. The van der Waals surface area contributed by atoms with Gasteiger partial charge < -0.3 is 25.4 Å². The zero-order chi connectivity index (χ0) is 24.1. The molecule has 1 aliphatic heterocycles. The van der Waals surface area contributed by atoms with E-state index in [2.05, 4.69) is 15.5 Å². The Morgan fingerprint density at radius 3 is 2.26 bits per heavy atom. The van der Waals surface area contributed by atoms with Crippen molar-refractivity contribution in [1.82, 2.24) is 0 Å². The predicted octanol–water partition coefficient (Wildman–Crippen LogP) is 3.73. The van der Waals surface area contributed by atoms with E-state index in [0.29, 0.717) is 29.8 Å². The Bertz CT molecular complexity index is 1060. The molecule has 0 spiro atoms. The highest BCUT2D eigenvalue weighted by Gasteiger charge is 2.32. The number of aryl methyl sites for hydroxylation is 1. The first-order chi connectivity index (χ1) is 16.4. The third-order valence-corrected chi connectivity index (χ3v) is 6.89. The van der Waals surface area contributed by atoms with Crippen LogP contribution in [0, 0.1) is 18.8 Å². The van der Waals surface area contributed by atoms with Crippen molar-refractivity contribution >= 4 is 34.8 Å². The Balaban J connectivity index is 1.59. The lowest BCUT2D eigenvalue weighted by molar-refractivity contribution is -0.313. The highest BCUT2D eigenvalue weighted by atomic mass is 16.4. The van der Waals surface area contributed by atoms with Gasteiger partial charge in [-0.2, -0.15) is 0 Å². The van der Waals surface area contributed by atoms with Crippen molar-refractivity contribution in [2.24, 2.45) is 11.8 Å². The molecule has 0 aromatic heterocycles. The number of carboxylic acid groups (broad SMARTS) is 1. The first-order valence-electron chi connectivity index (χ1n) is 12.2. The Labute approximate surface area is 200 Å². The van der Waals surface area contributed by atoms with Crippen LogP contribution in [0.3, 0.4) is 0 Å². The van der Waals surface area contributed by atoms with E-state index in [1.165, 1.54) is 6.42 Å². The molecule has 180 valence electrons. The minimum Gasteiger partial charge on any atom is -0.550 e. The van der Waals surface area contributed by atoms with E-state index in [9.17, 15) is 19.5 Å². The number of nitrogens with zero attached hydrogens (tertiary/aromatic N) is 1. The number of carbonyl (C=O) groups excluding carboxylic acids is 3. The predicted molar refractivity (Wildman–Crippen MR) is 131 cm³/mol. The van der Waals surface area contributed by atoms with Crippen molar-refractivity contribution in [3.8, 4) is 0 Å². The minimum atomic E-state index is -1.17. The topological polar surface area (TPSA) is 102 Å². The molecular formula is C27H32N3O4-. The molecule has 7 heteroatoms. The van der Waals surface area contributed by atoms with Crippen LogP contribution in [0.2, 0.25) is 0 Å². The lowest BCUT2D eigenvalue weighted by atomic mass is 9.78. The lowest BCUT2D eigenvalue weighted by Crippen LogP contribution is -2.42. The summed E-state index contributed by atoms with van der Waals surface area (Å²) < 4.78 is 0. The minimum absolute atomic E-state index is 0.243. The van der Waals surface area contributed by atoms with Crippen LogP contribution in [0.4, 0.5) is 17.1 Å². The van der Waals surface area contributed by atoms with Crippen LogP contribution in [-0.2, 0) is 9.59 Å². The van der Waals surface area contributed by atoms with Crippen molar-refractivity contribution in [2.75, 3.05) is 28.6 Å². The number of nitrogens with one attached hydrogen (secondary N) is 2. The standard InChI is InChI=1S/C27H33N3O4/c1-18-8-7-9-19(16-18)28-26(32)23-17-20(12-13-24(23)30-14-5-2-6-15-30)29-25(31)21-10-3-4-11-22(21)27(33)34/h7-9,12-13,16-17,21-22H,2-6,10-11,14-15H2,1H3,(H,28,32)(H,29,31)(H,33,34)/p-1/t21-,22+/m1/s1. The fraction of sp³-hybridized carbons (Fsp3) is 0.444. The van der Waals surface area contributed by atoms with Gasteiger partial charge in [0.1, 0.15) is 0 Å². The lowest BCUT2D eigenvalue weighted by Gasteiger charge is -2.32. The van der Waals surface area contributed by atoms with Gasteiger partial charge in [-0.3, -0.25) is 9.59 Å². The zero-order valence-corrected chi connectivity index (χ0v) is 19.6. The summed E-state index contributed by atoms with van der Waals surface area (Å²) in [5, 5.41) is 17.4. The van der Waals surface area contributed by atoms with Gasteiger partial charge in [-0.1, -0.05) is 25.0 Å². The Morgan fingerprint density at radius 2 is 1.56 bits per heavy atom. The number of aliphatic carboxylic acids is 1. The summed E-state index contributed by atoms with van der Waals surface area (Å²) in [6.07, 6.45) is 5.91. The summed E-state index contributed by atoms with van der Waals surface area (Å²) in [7, 11) is 0. The van der Waals surface area contributed by atoms with E-state index >= 15 is 0 Å². The zero-order valence-electron chi connectivity index (χ0n) is 19.6. The normalized spacial score (nSPS) is 20.4. The Hall–Kier alpha value is -3.35. The molecule has 2 amide bonds. The molecular weight excluding hydrogens is 430 g/mol. The average Bonchev–Trinajstić information content (AvgIpc) is 2.84. The van der Waals surface area contributed by atoms with Crippen molar-refractivity contribution in [1.29, 1.82) is 0 Å². The van der Waals surface area contributed by atoms with E-state index in [-0.39, 0.29) is 11.8 Å². The largest absolute Gasteiger partial charge is 0.550 e. The van der Waals surface area contributed by atoms with Gasteiger partial charge in [0.15, 0.2) is 0 Å². The highest BCUT2D eigenvalue weighted by molar-refractivity contribution is 6.09. The van der Waals surface area contributed by atoms with E-state index in [4.69, 9.17) is 0 Å². The Kier molecular flexibility index (Phi) is 7.50. The number of carboxylic acids is 1. The molecule has 0 unspecified atom stereocenters. The van der Waals surface area contributed by atoms with Gasteiger partial charge in [-0.15, -0.1) is 0 Å². The molecule has 0 bridgehead atoms. The molecule has 0 radical (unpaired) electrons. The van der Waals surface area contributed by atoms with Crippen LogP contribution in [0.25, 0.3) is 0 Å². The van der Waals surface area contributed by atoms with Gasteiger partial charge in [0, 0.05) is 48.0 Å². The third-order valence-electron chi connectivity index (χ3n) is 6.89. The van der Waals surface area contributed by atoms with Crippen molar-refractivity contribution in [3.63, 3.8) is 0 Å². The monoisotopic (exact) mass is 462 g/mol. The van der Waals surface area contributed by atoms with Crippen LogP contribution in [0.1, 0.15) is 60.9 Å². The van der Waals surface area contributed by atoms with Crippen LogP contribution >= 0.6 is 0 Å². The average molecular weight is 463 g/mol. The molecule has 2 aromatic rings. The number of rotatable bonds is 6. The van der Waals surface area contributed by atoms with Crippen LogP contribution in [-0.4, -0.2) is 30.9 Å². The highest BCUT2D eigenvalue weighted by Crippen LogP contribution is 2.32. The van der Waals surface area contributed by atoms with Gasteiger partial charge in [0.05, 0.1) is 5.56 Å². The number of piperidine rings is 1. The SMILES string of the molecule is Cc1cccc(NC(=O)c2cc(NC(=O)[C@@H]3CCCC[C@@H]3C(=O)[O-])ccc2N2CCCCC2)c1. The maximum atomic E-state index is 13.3. The van der Waals surface area contributed by atoms with Gasteiger partial charge in [-0.05, 0) is 74.9 Å². The molecule has 7 nitrogen and oxygen atoms in total. The second-order valence-electron chi connectivity index (χ2n) is 9.41. The number of anilines is 3. The summed E-state index contributed by atoms with van der Waals surface area (Å²) in [5.41, 5.74) is 3.57. The summed E-state index contributed by atoms with van der Waals surface area (Å²) in [6, 6.07) is 13.0. The van der Waals surface area contributed by atoms with E-state index in [1.807, 2.05) is 37.3 Å². The number of amides is 2. The Morgan fingerprint density at radius 1 is 0.853 bits per heavy atom. The van der Waals surface area contributed by atoms with Gasteiger partial charge in [-0.25, -0.2) is 0 Å². The van der Waals surface area contributed by atoms with Gasteiger partial charge >= 0.3 is 0 Å². The maximum Gasteiger partial charge on any atom is 0.257 e. The number of carbonyl (C=O) groups is 3. The number of hydrogen-bond donors (Lipinski definition) is 2. The summed E-state index contributed by atoms with van der Waals surface area (Å²) in [4.78, 5) is 40.0. The fourth-order valence-electron chi connectivity index (χ4n) is 5.09. The molecule has 1 aliphatic carbocycles. The molecule has 34 heavy (non-hydrogen) atoms. The molecule has 1 heterocycles. The fourth-order valence-corrected chi connectivity index (χ4v) is 5.09. The molecule has 1 saturated carbocycles. The van der Waals surface area contributed by atoms with E-state index in [0.717, 1.165) is 50.0 Å². The second kappa shape index (κ2) is 10.7. The molecule has 4 rings (SSSR count). The van der Waals surface area contributed by atoms with Crippen molar-refractivity contribution in [3.05, 3.63) is 53.6 Å². The number of hydrogen-bond acceptors (Lipinski definition) is 5. The quantitative estimate of drug-likeness (QED) is 0.681. The van der Waals surface area contributed by atoms with Crippen molar-refractivity contribution in [2.45, 2.75) is 51.9 Å². The summed E-state index contributed by atoms with van der Waals surface area (Å²) >= 11 is 0. The molecule has 2 aliphatic rings. The van der Waals surface area contributed by atoms with Gasteiger partial charge in [0.25, 0.3) is 5.91 Å². The smallest absolute Gasteiger partial charge is 0.257 e. The van der Waals surface area contributed by atoms with E-state index < -0.39 is 17.8 Å². The summed E-state index contributed by atoms with van der Waals surface area (Å²) in [6.45, 7) is 3.73. The molecule has 2 aromatic carbocycles.